The topological polar surface area (TPSA) is 67.3 Å². The predicted octanol–water partition coefficient (Wildman–Crippen LogP) is 3.39. The molecule has 1 saturated heterocycles. The molecule has 1 fully saturated rings. The van der Waals surface area contributed by atoms with Gasteiger partial charge in [-0.2, -0.15) is 13.2 Å². The van der Waals surface area contributed by atoms with Crippen molar-refractivity contribution in [2.75, 3.05) is 18.0 Å². The molecule has 1 amide bonds. The molecule has 0 unspecified atom stereocenters. The molecular weight excluding hydrogens is 401 g/mol. The zero-order chi connectivity index (χ0) is 20.6. The van der Waals surface area contributed by atoms with E-state index in [0.717, 1.165) is 0 Å². The van der Waals surface area contributed by atoms with Gasteiger partial charge in [0.1, 0.15) is 23.6 Å². The summed E-state index contributed by atoms with van der Waals surface area (Å²) in [4.78, 5) is 22.1. The summed E-state index contributed by atoms with van der Waals surface area (Å²) < 4.78 is 43.8. The maximum atomic E-state index is 12.5. The van der Waals surface area contributed by atoms with Gasteiger partial charge in [-0.1, -0.05) is 32.4 Å². The number of aromatic nitrogens is 2. The van der Waals surface area contributed by atoms with E-state index in [-0.39, 0.29) is 10.2 Å². The van der Waals surface area contributed by atoms with Crippen molar-refractivity contribution in [1.82, 2.24) is 15.3 Å². The minimum atomic E-state index is -4.49. The summed E-state index contributed by atoms with van der Waals surface area (Å²) in [5.74, 6) is -0.436. The smallest absolute Gasteiger partial charge is 0.405 e. The zero-order valence-electron chi connectivity index (χ0n) is 15.9. The highest BCUT2D eigenvalue weighted by atomic mass is 35.5. The second-order valence-corrected chi connectivity index (χ2v) is 13.2. The van der Waals surface area contributed by atoms with Gasteiger partial charge in [0.15, 0.2) is 8.32 Å². The summed E-state index contributed by atoms with van der Waals surface area (Å²) in [6.45, 7) is 9.14. The normalized spacial score (nSPS) is 21.0. The molecule has 152 valence electrons. The minimum Gasteiger partial charge on any atom is -0.409 e. The van der Waals surface area contributed by atoms with Crippen molar-refractivity contribution in [3.8, 4) is 0 Å². The molecular formula is C16H24ClF3N4O2Si. The lowest BCUT2D eigenvalue weighted by Crippen LogP contribution is -2.70. The van der Waals surface area contributed by atoms with Crippen molar-refractivity contribution < 1.29 is 22.4 Å². The van der Waals surface area contributed by atoms with Crippen LogP contribution in [-0.2, 0) is 9.22 Å². The van der Waals surface area contributed by atoms with Crippen LogP contribution in [0.4, 0.5) is 19.0 Å². The summed E-state index contributed by atoms with van der Waals surface area (Å²) in [5.41, 5.74) is 0. The molecule has 1 aromatic heterocycles. The van der Waals surface area contributed by atoms with E-state index in [0.29, 0.717) is 12.4 Å². The van der Waals surface area contributed by atoms with Crippen LogP contribution >= 0.6 is 11.6 Å². The maximum absolute atomic E-state index is 12.5. The third-order valence-corrected chi connectivity index (χ3v) is 9.62. The van der Waals surface area contributed by atoms with E-state index in [1.165, 1.54) is 12.4 Å². The van der Waals surface area contributed by atoms with Crippen LogP contribution in [0.25, 0.3) is 0 Å². The highest BCUT2D eigenvalue weighted by molar-refractivity contribution is 6.74. The summed E-state index contributed by atoms with van der Waals surface area (Å²) in [6, 6.07) is -0.922. The van der Waals surface area contributed by atoms with Crippen LogP contribution in [0.15, 0.2) is 12.4 Å². The Morgan fingerprint density at radius 2 is 2.00 bits per heavy atom. The van der Waals surface area contributed by atoms with Gasteiger partial charge in [0.25, 0.3) is 0 Å². The fourth-order valence-corrected chi connectivity index (χ4v) is 3.89. The minimum absolute atomic E-state index is 0.101. The van der Waals surface area contributed by atoms with Crippen LogP contribution in [-0.4, -0.2) is 55.6 Å². The van der Waals surface area contributed by atoms with Crippen molar-refractivity contribution >= 4 is 31.6 Å². The average molecular weight is 425 g/mol. The van der Waals surface area contributed by atoms with E-state index in [9.17, 15) is 18.0 Å². The number of carbonyl (C=O) groups is 1. The Balaban J connectivity index is 2.21. The zero-order valence-corrected chi connectivity index (χ0v) is 17.6. The number of halogens is 4. The number of alkyl halides is 3. The number of nitrogens with one attached hydrogen (secondary N) is 1. The van der Waals surface area contributed by atoms with Gasteiger partial charge in [-0.25, -0.2) is 4.98 Å². The molecule has 27 heavy (non-hydrogen) atoms. The van der Waals surface area contributed by atoms with Crippen LogP contribution < -0.4 is 10.2 Å². The number of hydrogen-bond acceptors (Lipinski definition) is 5. The van der Waals surface area contributed by atoms with Crippen LogP contribution in [0, 0.1) is 0 Å². The Morgan fingerprint density at radius 1 is 1.37 bits per heavy atom. The molecule has 1 N–H and O–H groups in total. The number of anilines is 1. The molecule has 0 aliphatic carbocycles. The molecule has 0 aromatic carbocycles. The third kappa shape index (κ3) is 5.32. The van der Waals surface area contributed by atoms with Gasteiger partial charge >= 0.3 is 6.18 Å². The van der Waals surface area contributed by atoms with Gasteiger partial charge in [0, 0.05) is 6.54 Å². The second-order valence-electron chi connectivity index (χ2n) is 8.05. The van der Waals surface area contributed by atoms with E-state index < -0.39 is 39.1 Å². The first-order valence-corrected chi connectivity index (χ1v) is 11.8. The molecule has 6 nitrogen and oxygen atoms in total. The van der Waals surface area contributed by atoms with E-state index in [1.54, 1.807) is 4.90 Å². The Morgan fingerprint density at radius 3 is 2.52 bits per heavy atom. The molecule has 1 aromatic rings. The van der Waals surface area contributed by atoms with Crippen LogP contribution in [0.5, 0.6) is 0 Å². The number of carbonyl (C=O) groups excluding carboxylic acids is 1. The van der Waals surface area contributed by atoms with E-state index in [1.807, 2.05) is 18.4 Å². The Kier molecular flexibility index (Phi) is 6.13. The molecule has 0 bridgehead atoms. The summed E-state index contributed by atoms with van der Waals surface area (Å²) in [7, 11) is -2.22. The van der Waals surface area contributed by atoms with E-state index >= 15 is 0 Å². The first-order valence-electron chi connectivity index (χ1n) is 8.48. The highest BCUT2D eigenvalue weighted by Crippen LogP contribution is 2.40. The largest absolute Gasteiger partial charge is 0.409 e. The summed E-state index contributed by atoms with van der Waals surface area (Å²) in [5, 5.41) is 1.98. The number of hydrogen-bond donors (Lipinski definition) is 1. The summed E-state index contributed by atoms with van der Waals surface area (Å²) in [6.07, 6.45) is -2.26. The lowest BCUT2D eigenvalue weighted by atomic mass is 9.98. The molecule has 1 aliphatic rings. The van der Waals surface area contributed by atoms with Crippen LogP contribution in [0.3, 0.4) is 0 Å². The van der Waals surface area contributed by atoms with Gasteiger partial charge < -0.3 is 14.6 Å². The average Bonchev–Trinajstić information content (AvgIpc) is 2.47. The Hall–Kier alpha value is -1.39. The number of nitrogens with zero attached hydrogens (tertiary/aromatic N) is 3. The maximum Gasteiger partial charge on any atom is 0.405 e. The van der Waals surface area contributed by atoms with Gasteiger partial charge in [-0.05, 0) is 18.1 Å². The van der Waals surface area contributed by atoms with Gasteiger partial charge in [0.2, 0.25) is 5.91 Å². The van der Waals surface area contributed by atoms with Gasteiger partial charge in [-0.3, -0.25) is 9.78 Å². The van der Waals surface area contributed by atoms with Gasteiger partial charge in [-0.15, -0.1) is 0 Å². The fourth-order valence-electron chi connectivity index (χ4n) is 2.44. The van der Waals surface area contributed by atoms with E-state index in [4.69, 9.17) is 16.0 Å². The van der Waals surface area contributed by atoms with Crippen molar-refractivity contribution in [1.29, 1.82) is 0 Å². The molecule has 11 heteroatoms. The van der Waals surface area contributed by atoms with Gasteiger partial charge in [0.05, 0.1) is 18.5 Å². The second kappa shape index (κ2) is 7.55. The third-order valence-electron chi connectivity index (χ3n) is 4.94. The quantitative estimate of drug-likeness (QED) is 0.734. The SMILES string of the molecule is CC(C)(C)[Si](C)(C)O[C@H]1CN(c2cncc(Cl)n2)[C@@H]1C(=O)NCC(F)(F)F. The van der Waals surface area contributed by atoms with Crippen molar-refractivity contribution in [2.45, 2.75) is 57.2 Å². The van der Waals surface area contributed by atoms with Crippen molar-refractivity contribution in [3.63, 3.8) is 0 Å². The monoisotopic (exact) mass is 424 g/mol. The molecule has 2 rings (SSSR count). The van der Waals surface area contributed by atoms with Crippen molar-refractivity contribution in [2.24, 2.45) is 0 Å². The fraction of sp³-hybridized carbons (Fsp3) is 0.688. The van der Waals surface area contributed by atoms with Crippen LogP contribution in [0.2, 0.25) is 23.3 Å². The number of rotatable bonds is 5. The molecule has 2 atom stereocenters. The summed E-state index contributed by atoms with van der Waals surface area (Å²) >= 11 is 5.85. The highest BCUT2D eigenvalue weighted by Gasteiger charge is 2.50. The van der Waals surface area contributed by atoms with Crippen molar-refractivity contribution in [3.05, 3.63) is 17.5 Å². The lowest BCUT2D eigenvalue weighted by Gasteiger charge is -2.51. The molecule has 0 radical (unpaired) electrons. The van der Waals surface area contributed by atoms with Crippen LogP contribution in [0.1, 0.15) is 20.8 Å². The number of amides is 1. The molecule has 1 aliphatic heterocycles. The lowest BCUT2D eigenvalue weighted by molar-refractivity contribution is -0.141. The Labute approximate surface area is 162 Å². The van der Waals surface area contributed by atoms with E-state index in [2.05, 4.69) is 30.7 Å². The predicted molar refractivity (Wildman–Crippen MR) is 99.3 cm³/mol. The standard InChI is InChI=1S/C16H24ClF3N4O2Si/c1-15(2,3)27(4,5)26-10-8-24(12-7-21-6-11(17)23-12)13(10)14(25)22-9-16(18,19)20/h6-7,10,13H,8-9H2,1-5H3,(H,22,25)/t10-,13-/m0/s1. The Bertz CT molecular complexity index is 697. The first kappa shape index (κ1) is 21.9. The first-order chi connectivity index (χ1) is 12.2. The molecule has 0 spiro atoms. The molecule has 0 saturated carbocycles. The molecule has 2 heterocycles.